The molecule has 2 amide bonds. The summed E-state index contributed by atoms with van der Waals surface area (Å²) in [4.78, 5) is 34.9. The Morgan fingerprint density at radius 2 is 1.93 bits per heavy atom. The Morgan fingerprint density at radius 1 is 1.02 bits per heavy atom. The molecule has 2 aromatic carbocycles. The number of hydrogen-bond donors (Lipinski definition) is 2. The Hall–Kier alpha value is -5.18. The summed E-state index contributed by atoms with van der Waals surface area (Å²) in [6, 6.07) is 17.3. The van der Waals surface area contributed by atoms with E-state index in [9.17, 15) is 9.59 Å². The van der Waals surface area contributed by atoms with Crippen LogP contribution in [0.3, 0.4) is 0 Å². The number of nitrogens with two attached hydrogens (primary N) is 1. The number of rotatable bonds is 5. The van der Waals surface area contributed by atoms with E-state index >= 15 is 0 Å². The van der Waals surface area contributed by atoms with Gasteiger partial charge in [-0.1, -0.05) is 6.07 Å². The number of nitrogens with one attached hydrogen (secondary N) is 1. The SMILES string of the molecule is CC1Oc2cc(N3CCCC3=O)ccc2-c2cnc(Nc3cncc(-n4ccc5ccc(C(N)=O)cc54)c3)cc21. The number of anilines is 3. The normalized spacial score (nSPS) is 16.0. The molecule has 1 unspecified atom stereocenters. The highest BCUT2D eigenvalue weighted by atomic mass is 16.5. The van der Waals surface area contributed by atoms with E-state index in [1.165, 1.54) is 0 Å². The van der Waals surface area contributed by atoms with Gasteiger partial charge in [-0.2, -0.15) is 0 Å². The molecular formula is C31H26N6O3. The second kappa shape index (κ2) is 9.23. The number of aromatic nitrogens is 3. The van der Waals surface area contributed by atoms with Crippen molar-refractivity contribution in [2.45, 2.75) is 25.9 Å². The molecule has 40 heavy (non-hydrogen) atoms. The zero-order valence-electron chi connectivity index (χ0n) is 21.8. The summed E-state index contributed by atoms with van der Waals surface area (Å²) >= 11 is 0. The fourth-order valence-corrected chi connectivity index (χ4v) is 5.56. The van der Waals surface area contributed by atoms with Crippen molar-refractivity contribution in [1.29, 1.82) is 0 Å². The van der Waals surface area contributed by atoms with E-state index in [0.717, 1.165) is 63.4 Å². The maximum atomic E-state index is 12.2. The summed E-state index contributed by atoms with van der Waals surface area (Å²) in [6.07, 6.45) is 8.58. The van der Waals surface area contributed by atoms with Gasteiger partial charge in [0.25, 0.3) is 0 Å². The van der Waals surface area contributed by atoms with Crippen molar-refractivity contribution in [2.75, 3.05) is 16.8 Å². The molecule has 1 fully saturated rings. The minimum atomic E-state index is -0.468. The summed E-state index contributed by atoms with van der Waals surface area (Å²) in [5, 5.41) is 4.36. The van der Waals surface area contributed by atoms with Gasteiger partial charge < -0.3 is 25.3 Å². The van der Waals surface area contributed by atoms with Crippen molar-refractivity contribution in [3.63, 3.8) is 0 Å². The molecule has 5 heterocycles. The number of fused-ring (bicyclic) bond motifs is 4. The van der Waals surface area contributed by atoms with Crippen LogP contribution >= 0.6 is 0 Å². The van der Waals surface area contributed by atoms with E-state index in [2.05, 4.69) is 15.3 Å². The number of ether oxygens (including phenoxy) is 1. The molecule has 7 rings (SSSR count). The summed E-state index contributed by atoms with van der Waals surface area (Å²) in [5.41, 5.74) is 12.3. The van der Waals surface area contributed by atoms with Crippen molar-refractivity contribution in [3.05, 3.63) is 90.5 Å². The molecular weight excluding hydrogens is 504 g/mol. The molecule has 0 spiro atoms. The first kappa shape index (κ1) is 23.9. The molecule has 2 aliphatic rings. The smallest absolute Gasteiger partial charge is 0.248 e. The lowest BCUT2D eigenvalue weighted by Gasteiger charge is -2.28. The van der Waals surface area contributed by atoms with Crippen LogP contribution in [-0.4, -0.2) is 32.9 Å². The number of carbonyl (C=O) groups is 2. The number of hydrogen-bond acceptors (Lipinski definition) is 6. The minimum Gasteiger partial charge on any atom is -0.485 e. The Kier molecular flexibility index (Phi) is 5.52. The quantitative estimate of drug-likeness (QED) is 0.310. The lowest BCUT2D eigenvalue weighted by Crippen LogP contribution is -2.24. The van der Waals surface area contributed by atoms with E-state index in [4.69, 9.17) is 10.5 Å². The highest BCUT2D eigenvalue weighted by molar-refractivity contribution is 5.97. The summed E-state index contributed by atoms with van der Waals surface area (Å²) in [5.74, 6) is 1.12. The van der Waals surface area contributed by atoms with Gasteiger partial charge in [-0.15, -0.1) is 0 Å². The first-order valence-electron chi connectivity index (χ1n) is 13.2. The van der Waals surface area contributed by atoms with Gasteiger partial charge in [-0.05, 0) is 61.2 Å². The minimum absolute atomic E-state index is 0.153. The van der Waals surface area contributed by atoms with Crippen LogP contribution < -0.4 is 20.7 Å². The van der Waals surface area contributed by atoms with Gasteiger partial charge in [0.05, 0.1) is 29.3 Å². The third kappa shape index (κ3) is 4.03. The van der Waals surface area contributed by atoms with E-state index in [1.54, 1.807) is 24.5 Å². The molecule has 198 valence electrons. The maximum Gasteiger partial charge on any atom is 0.248 e. The first-order valence-corrected chi connectivity index (χ1v) is 13.2. The molecule has 0 radical (unpaired) electrons. The fourth-order valence-electron chi connectivity index (χ4n) is 5.56. The highest BCUT2D eigenvalue weighted by Gasteiger charge is 2.27. The molecule has 0 saturated carbocycles. The number of primary amides is 1. The Morgan fingerprint density at radius 3 is 2.75 bits per heavy atom. The zero-order chi connectivity index (χ0) is 27.4. The molecule has 5 aromatic rings. The van der Waals surface area contributed by atoms with Crippen molar-refractivity contribution in [2.24, 2.45) is 5.73 Å². The predicted octanol–water partition coefficient (Wildman–Crippen LogP) is 5.51. The van der Waals surface area contributed by atoms with Crippen LogP contribution in [-0.2, 0) is 4.79 Å². The Balaban J connectivity index is 1.18. The maximum absolute atomic E-state index is 12.2. The fraction of sp³-hybridized carbons (Fsp3) is 0.161. The van der Waals surface area contributed by atoms with Crippen molar-refractivity contribution in [1.82, 2.24) is 14.5 Å². The molecule has 0 aliphatic carbocycles. The van der Waals surface area contributed by atoms with Gasteiger partial charge >= 0.3 is 0 Å². The molecule has 3 aromatic heterocycles. The van der Waals surface area contributed by atoms with Gasteiger partial charge in [0.1, 0.15) is 17.7 Å². The molecule has 1 saturated heterocycles. The third-order valence-electron chi connectivity index (χ3n) is 7.57. The van der Waals surface area contributed by atoms with Gasteiger partial charge in [0, 0.05) is 59.4 Å². The second-order valence-corrected chi connectivity index (χ2v) is 10.1. The number of pyridine rings is 2. The largest absolute Gasteiger partial charge is 0.485 e. The molecule has 9 heteroatoms. The summed E-state index contributed by atoms with van der Waals surface area (Å²) in [6.45, 7) is 2.75. The topological polar surface area (TPSA) is 115 Å². The van der Waals surface area contributed by atoms with Crippen molar-refractivity contribution in [3.8, 4) is 22.6 Å². The average Bonchev–Trinajstić information content (AvgIpc) is 3.59. The number of nitrogens with zero attached hydrogens (tertiary/aromatic N) is 4. The van der Waals surface area contributed by atoms with Crippen LogP contribution in [0.4, 0.5) is 17.2 Å². The van der Waals surface area contributed by atoms with Crippen LogP contribution in [0.25, 0.3) is 27.7 Å². The number of benzene rings is 2. The van der Waals surface area contributed by atoms with Crippen LogP contribution in [0.5, 0.6) is 5.75 Å². The number of carbonyl (C=O) groups excluding carboxylic acids is 2. The average molecular weight is 531 g/mol. The lowest BCUT2D eigenvalue weighted by molar-refractivity contribution is -0.117. The second-order valence-electron chi connectivity index (χ2n) is 10.1. The Labute approximate surface area is 230 Å². The summed E-state index contributed by atoms with van der Waals surface area (Å²) < 4.78 is 8.26. The van der Waals surface area contributed by atoms with Gasteiger partial charge in [0.2, 0.25) is 11.8 Å². The van der Waals surface area contributed by atoms with Gasteiger partial charge in [-0.25, -0.2) is 4.98 Å². The third-order valence-corrected chi connectivity index (χ3v) is 7.57. The zero-order valence-corrected chi connectivity index (χ0v) is 21.8. The molecule has 3 N–H and O–H groups in total. The van der Waals surface area contributed by atoms with Crippen molar-refractivity contribution >= 4 is 39.9 Å². The van der Waals surface area contributed by atoms with Crippen LogP contribution in [0.15, 0.2) is 79.4 Å². The van der Waals surface area contributed by atoms with Gasteiger partial charge in [-0.3, -0.25) is 14.6 Å². The first-order chi connectivity index (χ1) is 19.4. The van der Waals surface area contributed by atoms with E-state index in [0.29, 0.717) is 17.8 Å². The highest BCUT2D eigenvalue weighted by Crippen LogP contribution is 2.44. The number of amides is 2. The van der Waals surface area contributed by atoms with E-state index in [-0.39, 0.29) is 12.0 Å². The van der Waals surface area contributed by atoms with Crippen LogP contribution in [0.2, 0.25) is 0 Å². The monoisotopic (exact) mass is 530 g/mol. The predicted molar refractivity (Wildman–Crippen MR) is 153 cm³/mol. The van der Waals surface area contributed by atoms with Gasteiger partial charge in [0.15, 0.2) is 0 Å². The summed E-state index contributed by atoms with van der Waals surface area (Å²) in [7, 11) is 0. The van der Waals surface area contributed by atoms with Crippen LogP contribution in [0, 0.1) is 0 Å². The standard InChI is InChI=1S/C31H26N6O3/c1-18-25-14-29(34-17-26(25)24-7-6-22(13-28(24)40-18)37-9-2-3-30(37)38)35-21-12-23(16-33-15-21)36-10-8-19-4-5-20(31(32)39)11-27(19)36/h4-8,10-18H,2-3,9H2,1H3,(H2,32,39)(H,34,35). The molecule has 9 nitrogen and oxygen atoms in total. The van der Waals surface area contributed by atoms with Crippen LogP contribution in [0.1, 0.15) is 41.8 Å². The lowest BCUT2D eigenvalue weighted by atomic mass is 9.94. The van der Waals surface area contributed by atoms with E-state index in [1.807, 2.05) is 71.2 Å². The van der Waals surface area contributed by atoms with Crippen molar-refractivity contribution < 1.29 is 14.3 Å². The molecule has 0 bridgehead atoms. The Bertz CT molecular complexity index is 1830. The van der Waals surface area contributed by atoms with E-state index < -0.39 is 5.91 Å². The molecule has 2 aliphatic heterocycles. The molecule has 1 atom stereocenters.